The van der Waals surface area contributed by atoms with Gasteiger partial charge in [0.25, 0.3) is 0 Å². The molecule has 104 valence electrons. The van der Waals surface area contributed by atoms with Crippen molar-refractivity contribution in [3.63, 3.8) is 0 Å². The van der Waals surface area contributed by atoms with E-state index in [-0.39, 0.29) is 5.78 Å². The molecule has 2 aromatic carbocycles. The number of methoxy groups -OCH3 is 1. The highest BCUT2D eigenvalue weighted by molar-refractivity contribution is 6.09. The third-order valence-corrected chi connectivity index (χ3v) is 2.92. The highest BCUT2D eigenvalue weighted by Crippen LogP contribution is 2.18. The summed E-state index contributed by atoms with van der Waals surface area (Å²) in [4.78, 5) is 12.3. The lowest BCUT2D eigenvalue weighted by Gasteiger charge is -2.06. The van der Waals surface area contributed by atoms with Crippen LogP contribution in [0.2, 0.25) is 0 Å². The van der Waals surface area contributed by atoms with Crippen LogP contribution in [0.5, 0.6) is 11.5 Å². The molecule has 2 rings (SSSR count). The number of carbonyl (C=O) groups is 1. The molecule has 20 heavy (non-hydrogen) atoms. The van der Waals surface area contributed by atoms with Crippen LogP contribution < -0.4 is 9.47 Å². The SMILES string of the molecule is CCCOc1ccc(C(=O)c2cccc(OC)c2)cc1. The summed E-state index contributed by atoms with van der Waals surface area (Å²) in [5.41, 5.74) is 1.26. The Bertz CT molecular complexity index is 573. The van der Waals surface area contributed by atoms with Gasteiger partial charge in [0.15, 0.2) is 5.78 Å². The van der Waals surface area contributed by atoms with Crippen LogP contribution >= 0.6 is 0 Å². The van der Waals surface area contributed by atoms with Gasteiger partial charge in [-0.2, -0.15) is 0 Å². The molecule has 0 heterocycles. The minimum absolute atomic E-state index is 0.0223. The van der Waals surface area contributed by atoms with Crippen molar-refractivity contribution in [2.45, 2.75) is 13.3 Å². The predicted octanol–water partition coefficient (Wildman–Crippen LogP) is 3.72. The zero-order valence-electron chi connectivity index (χ0n) is 11.8. The van der Waals surface area contributed by atoms with Crippen LogP contribution in [-0.4, -0.2) is 19.5 Å². The minimum atomic E-state index is -0.0223. The van der Waals surface area contributed by atoms with Crippen molar-refractivity contribution in [1.82, 2.24) is 0 Å². The van der Waals surface area contributed by atoms with Gasteiger partial charge in [0.2, 0.25) is 0 Å². The Kier molecular flexibility index (Phi) is 4.77. The Morgan fingerprint density at radius 1 is 1.00 bits per heavy atom. The van der Waals surface area contributed by atoms with Crippen molar-refractivity contribution in [2.75, 3.05) is 13.7 Å². The van der Waals surface area contributed by atoms with Crippen LogP contribution in [0.1, 0.15) is 29.3 Å². The van der Waals surface area contributed by atoms with Crippen LogP contribution in [0.25, 0.3) is 0 Å². The molecule has 0 spiro atoms. The van der Waals surface area contributed by atoms with Gasteiger partial charge in [-0.05, 0) is 42.8 Å². The zero-order chi connectivity index (χ0) is 14.4. The molecule has 0 fully saturated rings. The third kappa shape index (κ3) is 3.38. The quantitative estimate of drug-likeness (QED) is 0.750. The van der Waals surface area contributed by atoms with Crippen molar-refractivity contribution in [3.05, 3.63) is 59.7 Å². The highest BCUT2D eigenvalue weighted by Gasteiger charge is 2.09. The molecule has 0 atom stereocenters. The fourth-order valence-electron chi connectivity index (χ4n) is 1.85. The lowest BCUT2D eigenvalue weighted by Crippen LogP contribution is -2.02. The summed E-state index contributed by atoms with van der Waals surface area (Å²) in [7, 11) is 1.59. The van der Waals surface area contributed by atoms with E-state index in [2.05, 4.69) is 6.92 Å². The lowest BCUT2D eigenvalue weighted by molar-refractivity contribution is 0.103. The number of ketones is 1. The normalized spacial score (nSPS) is 10.1. The van der Waals surface area contributed by atoms with E-state index < -0.39 is 0 Å². The van der Waals surface area contributed by atoms with E-state index in [1.807, 2.05) is 24.3 Å². The monoisotopic (exact) mass is 270 g/mol. The van der Waals surface area contributed by atoms with E-state index in [0.717, 1.165) is 12.2 Å². The summed E-state index contributed by atoms with van der Waals surface area (Å²) in [6, 6.07) is 14.4. The smallest absolute Gasteiger partial charge is 0.193 e. The Balaban J connectivity index is 2.16. The maximum atomic E-state index is 12.3. The molecule has 0 saturated carbocycles. The lowest BCUT2D eigenvalue weighted by atomic mass is 10.0. The molecule has 3 heteroatoms. The average Bonchev–Trinajstić information content (AvgIpc) is 2.52. The van der Waals surface area contributed by atoms with Crippen LogP contribution in [0, 0.1) is 0 Å². The first kappa shape index (κ1) is 14.1. The Morgan fingerprint density at radius 2 is 1.75 bits per heavy atom. The zero-order valence-corrected chi connectivity index (χ0v) is 11.8. The summed E-state index contributed by atoms with van der Waals surface area (Å²) < 4.78 is 10.6. The van der Waals surface area contributed by atoms with Gasteiger partial charge < -0.3 is 9.47 Å². The number of hydrogen-bond donors (Lipinski definition) is 0. The number of carbonyl (C=O) groups excluding carboxylic acids is 1. The van der Waals surface area contributed by atoms with Crippen LogP contribution in [0.15, 0.2) is 48.5 Å². The second-order valence-electron chi connectivity index (χ2n) is 4.43. The first-order valence-corrected chi connectivity index (χ1v) is 6.66. The van der Waals surface area contributed by atoms with Crippen molar-refractivity contribution in [2.24, 2.45) is 0 Å². The molecule has 0 aromatic heterocycles. The third-order valence-electron chi connectivity index (χ3n) is 2.92. The molecule has 0 saturated heterocycles. The van der Waals surface area contributed by atoms with E-state index in [0.29, 0.717) is 23.5 Å². The Labute approximate surface area is 119 Å². The summed E-state index contributed by atoms with van der Waals surface area (Å²) >= 11 is 0. The van der Waals surface area contributed by atoms with Gasteiger partial charge in [0, 0.05) is 11.1 Å². The summed E-state index contributed by atoms with van der Waals surface area (Å²) in [6.45, 7) is 2.74. The van der Waals surface area contributed by atoms with Crippen LogP contribution in [0.4, 0.5) is 0 Å². The van der Waals surface area contributed by atoms with Gasteiger partial charge in [-0.1, -0.05) is 19.1 Å². The molecular formula is C17H18O3. The van der Waals surface area contributed by atoms with Crippen LogP contribution in [0.3, 0.4) is 0 Å². The molecule has 0 aliphatic carbocycles. The van der Waals surface area contributed by atoms with Crippen molar-refractivity contribution in [1.29, 1.82) is 0 Å². The molecule has 2 aromatic rings. The standard InChI is InChI=1S/C17H18O3/c1-3-11-20-15-9-7-13(8-10-15)17(18)14-5-4-6-16(12-14)19-2/h4-10,12H,3,11H2,1-2H3. The predicted molar refractivity (Wildman–Crippen MR) is 78.7 cm³/mol. The van der Waals surface area contributed by atoms with Crippen molar-refractivity contribution < 1.29 is 14.3 Å². The van der Waals surface area contributed by atoms with Crippen molar-refractivity contribution >= 4 is 5.78 Å². The fourth-order valence-corrected chi connectivity index (χ4v) is 1.85. The largest absolute Gasteiger partial charge is 0.497 e. The topological polar surface area (TPSA) is 35.5 Å². The van der Waals surface area contributed by atoms with Gasteiger partial charge >= 0.3 is 0 Å². The van der Waals surface area contributed by atoms with Gasteiger partial charge in [0.1, 0.15) is 11.5 Å². The van der Waals surface area contributed by atoms with Crippen molar-refractivity contribution in [3.8, 4) is 11.5 Å². The van der Waals surface area contributed by atoms with E-state index >= 15 is 0 Å². The number of hydrogen-bond acceptors (Lipinski definition) is 3. The average molecular weight is 270 g/mol. The molecule has 0 N–H and O–H groups in total. The van der Waals surface area contributed by atoms with Crippen LogP contribution in [-0.2, 0) is 0 Å². The van der Waals surface area contributed by atoms with Gasteiger partial charge in [-0.15, -0.1) is 0 Å². The molecular weight excluding hydrogens is 252 g/mol. The van der Waals surface area contributed by atoms with E-state index in [1.54, 1.807) is 31.4 Å². The maximum Gasteiger partial charge on any atom is 0.193 e. The minimum Gasteiger partial charge on any atom is -0.497 e. The number of benzene rings is 2. The fraction of sp³-hybridized carbons (Fsp3) is 0.235. The summed E-state index contributed by atoms with van der Waals surface area (Å²) in [5.74, 6) is 1.44. The first-order valence-electron chi connectivity index (χ1n) is 6.66. The second kappa shape index (κ2) is 6.75. The molecule has 0 amide bonds. The highest BCUT2D eigenvalue weighted by atomic mass is 16.5. The molecule has 0 aliphatic heterocycles. The first-order chi connectivity index (χ1) is 9.74. The molecule has 0 aliphatic rings. The second-order valence-corrected chi connectivity index (χ2v) is 4.43. The number of ether oxygens (including phenoxy) is 2. The van der Waals surface area contributed by atoms with Gasteiger partial charge in [-0.25, -0.2) is 0 Å². The van der Waals surface area contributed by atoms with E-state index in [1.165, 1.54) is 0 Å². The Hall–Kier alpha value is -2.29. The van der Waals surface area contributed by atoms with Gasteiger partial charge in [-0.3, -0.25) is 4.79 Å². The molecule has 0 unspecified atom stereocenters. The van der Waals surface area contributed by atoms with E-state index in [4.69, 9.17) is 9.47 Å². The van der Waals surface area contributed by atoms with Gasteiger partial charge in [0.05, 0.1) is 13.7 Å². The summed E-state index contributed by atoms with van der Waals surface area (Å²) in [5, 5.41) is 0. The maximum absolute atomic E-state index is 12.3. The van der Waals surface area contributed by atoms with E-state index in [9.17, 15) is 4.79 Å². The molecule has 3 nitrogen and oxygen atoms in total. The number of rotatable bonds is 6. The molecule has 0 radical (unpaired) electrons. The molecule has 0 bridgehead atoms. The summed E-state index contributed by atoms with van der Waals surface area (Å²) in [6.07, 6.45) is 0.963. The Morgan fingerprint density at radius 3 is 2.40 bits per heavy atom.